The van der Waals surface area contributed by atoms with E-state index in [9.17, 15) is 4.79 Å². The first kappa shape index (κ1) is 21.1. The highest BCUT2D eigenvalue weighted by atomic mass is 16.5. The molecule has 0 unspecified atom stereocenters. The van der Waals surface area contributed by atoms with Crippen molar-refractivity contribution in [3.63, 3.8) is 0 Å². The Morgan fingerprint density at radius 1 is 0.909 bits per heavy atom. The van der Waals surface area contributed by atoms with Crippen molar-refractivity contribution in [3.05, 3.63) is 89.6 Å². The summed E-state index contributed by atoms with van der Waals surface area (Å²) in [4.78, 5) is 17.2. The summed E-state index contributed by atoms with van der Waals surface area (Å²) in [5.74, 6) is 1.62. The monoisotopic (exact) mass is 444 g/mol. The fourth-order valence-corrected chi connectivity index (χ4v) is 4.22. The molecule has 33 heavy (non-hydrogen) atoms. The molecule has 1 saturated carbocycles. The van der Waals surface area contributed by atoms with E-state index in [1.54, 1.807) is 27.9 Å². The van der Waals surface area contributed by atoms with Crippen LogP contribution in [0.15, 0.2) is 78.2 Å². The summed E-state index contributed by atoms with van der Waals surface area (Å²) in [5.41, 5.74) is 2.47. The van der Waals surface area contributed by atoms with Gasteiger partial charge in [-0.2, -0.15) is 0 Å². The first-order chi connectivity index (χ1) is 16.2. The molecule has 0 aliphatic heterocycles. The summed E-state index contributed by atoms with van der Waals surface area (Å²) in [6, 6.07) is 15.3. The minimum absolute atomic E-state index is 0.122. The van der Waals surface area contributed by atoms with Crippen molar-refractivity contribution in [1.82, 2.24) is 18.7 Å². The third-order valence-electron chi connectivity index (χ3n) is 5.99. The summed E-state index contributed by atoms with van der Waals surface area (Å²) in [5, 5.41) is 0. The topological polar surface area (TPSA) is 63.2 Å². The maximum absolute atomic E-state index is 13.0. The molecule has 1 aliphatic rings. The van der Waals surface area contributed by atoms with E-state index in [-0.39, 0.29) is 5.69 Å². The van der Waals surface area contributed by atoms with E-state index in [1.807, 2.05) is 66.2 Å². The van der Waals surface area contributed by atoms with Gasteiger partial charge in [-0.1, -0.05) is 0 Å². The van der Waals surface area contributed by atoms with E-state index in [2.05, 4.69) is 4.98 Å². The smallest absolute Gasteiger partial charge is 0.337 e. The number of rotatable bonds is 8. The average molecular weight is 445 g/mol. The fourth-order valence-electron chi connectivity index (χ4n) is 4.22. The highest BCUT2D eigenvalue weighted by Crippen LogP contribution is 2.24. The van der Waals surface area contributed by atoms with E-state index in [1.165, 1.54) is 12.8 Å². The predicted molar refractivity (Wildman–Crippen MR) is 127 cm³/mol. The Balaban J connectivity index is 1.23. The van der Waals surface area contributed by atoms with Crippen molar-refractivity contribution in [3.8, 4) is 22.9 Å². The Kier molecular flexibility index (Phi) is 6.02. The molecule has 0 spiro atoms. The van der Waals surface area contributed by atoms with Crippen LogP contribution in [0.5, 0.6) is 11.5 Å². The van der Waals surface area contributed by atoms with Gasteiger partial charge in [0.05, 0.1) is 36.0 Å². The highest BCUT2D eigenvalue weighted by Gasteiger charge is 2.16. The summed E-state index contributed by atoms with van der Waals surface area (Å²) < 4.78 is 17.1. The van der Waals surface area contributed by atoms with Gasteiger partial charge in [-0.15, -0.1) is 0 Å². The van der Waals surface area contributed by atoms with Gasteiger partial charge < -0.3 is 14.0 Å². The Hall–Kier alpha value is -3.74. The van der Waals surface area contributed by atoms with Gasteiger partial charge in [0, 0.05) is 18.6 Å². The molecule has 0 atom stereocenters. The van der Waals surface area contributed by atoms with Crippen LogP contribution in [-0.2, 0) is 6.54 Å². The SMILES string of the molecule is Cc1cn(CCOc2ccc(-n3ccn(-c4ccc(OC5CCCC5)cc4)c3=O)cc2)cn1. The number of aromatic nitrogens is 4. The lowest BCUT2D eigenvalue weighted by molar-refractivity contribution is 0.210. The molecule has 0 N–H and O–H groups in total. The number of imidazole rings is 2. The zero-order valence-electron chi connectivity index (χ0n) is 18.8. The molecule has 7 nitrogen and oxygen atoms in total. The fraction of sp³-hybridized carbons (Fsp3) is 0.308. The minimum Gasteiger partial charge on any atom is -0.492 e. The van der Waals surface area contributed by atoms with Gasteiger partial charge in [0.2, 0.25) is 0 Å². The van der Waals surface area contributed by atoms with Crippen LogP contribution in [0, 0.1) is 6.92 Å². The van der Waals surface area contributed by atoms with Gasteiger partial charge in [0.15, 0.2) is 0 Å². The van der Waals surface area contributed by atoms with Crippen LogP contribution < -0.4 is 15.2 Å². The van der Waals surface area contributed by atoms with E-state index in [4.69, 9.17) is 9.47 Å². The number of hydrogen-bond acceptors (Lipinski definition) is 4. The number of benzene rings is 2. The van der Waals surface area contributed by atoms with E-state index >= 15 is 0 Å². The van der Waals surface area contributed by atoms with Crippen molar-refractivity contribution in [2.45, 2.75) is 45.3 Å². The molecule has 2 heterocycles. The van der Waals surface area contributed by atoms with Gasteiger partial charge in [-0.05, 0) is 81.1 Å². The molecule has 2 aromatic carbocycles. The molecule has 1 aliphatic carbocycles. The molecule has 170 valence electrons. The normalized spacial score (nSPS) is 14.0. The zero-order chi connectivity index (χ0) is 22.6. The van der Waals surface area contributed by atoms with Crippen molar-refractivity contribution >= 4 is 0 Å². The van der Waals surface area contributed by atoms with Crippen LogP contribution in [0.25, 0.3) is 11.4 Å². The minimum atomic E-state index is -0.122. The largest absolute Gasteiger partial charge is 0.492 e. The standard InChI is InChI=1S/C26H28N4O3/c1-20-18-28(19-27-20)16-17-32-23-10-6-21(7-11-23)29-14-15-30(26(29)31)22-8-12-25(13-9-22)33-24-4-2-3-5-24/h6-15,18-19,24H,2-5,16-17H2,1H3. The lowest BCUT2D eigenvalue weighted by atomic mass is 10.2. The van der Waals surface area contributed by atoms with Crippen LogP contribution in [0.2, 0.25) is 0 Å². The Bertz CT molecular complexity index is 1250. The molecule has 2 aromatic heterocycles. The summed E-state index contributed by atoms with van der Waals surface area (Å²) >= 11 is 0. The summed E-state index contributed by atoms with van der Waals surface area (Å²) in [6.45, 7) is 3.24. The molecule has 0 amide bonds. The molecule has 0 saturated heterocycles. The van der Waals surface area contributed by atoms with Gasteiger partial charge in [0.25, 0.3) is 0 Å². The first-order valence-electron chi connectivity index (χ1n) is 11.4. The van der Waals surface area contributed by atoms with Crippen LogP contribution in [0.4, 0.5) is 0 Å². The third kappa shape index (κ3) is 4.87. The molecular weight excluding hydrogens is 416 g/mol. The van der Waals surface area contributed by atoms with E-state index < -0.39 is 0 Å². The van der Waals surface area contributed by atoms with Gasteiger partial charge in [0.1, 0.15) is 18.1 Å². The van der Waals surface area contributed by atoms with Crippen LogP contribution >= 0.6 is 0 Å². The Labute approximate surface area is 192 Å². The van der Waals surface area contributed by atoms with Crippen molar-refractivity contribution < 1.29 is 9.47 Å². The molecule has 0 bridgehead atoms. The molecule has 5 rings (SSSR count). The van der Waals surface area contributed by atoms with Crippen LogP contribution in [0.1, 0.15) is 31.4 Å². The molecule has 0 radical (unpaired) electrons. The number of ether oxygens (including phenoxy) is 2. The third-order valence-corrected chi connectivity index (χ3v) is 5.99. The van der Waals surface area contributed by atoms with Crippen molar-refractivity contribution in [1.29, 1.82) is 0 Å². The van der Waals surface area contributed by atoms with E-state index in [0.717, 1.165) is 48.0 Å². The average Bonchev–Trinajstić information content (AvgIpc) is 3.57. The summed E-state index contributed by atoms with van der Waals surface area (Å²) in [6.07, 6.45) is 12.4. The second-order valence-electron chi connectivity index (χ2n) is 8.43. The lowest BCUT2D eigenvalue weighted by Gasteiger charge is -2.13. The van der Waals surface area contributed by atoms with Crippen LogP contribution in [0.3, 0.4) is 0 Å². The second-order valence-corrected chi connectivity index (χ2v) is 8.43. The quantitative estimate of drug-likeness (QED) is 0.400. The Morgan fingerprint density at radius 3 is 2.09 bits per heavy atom. The maximum atomic E-state index is 13.0. The maximum Gasteiger partial charge on any atom is 0.337 e. The van der Waals surface area contributed by atoms with Gasteiger partial charge in [-0.3, -0.25) is 9.13 Å². The number of hydrogen-bond donors (Lipinski definition) is 0. The number of aryl methyl sites for hydroxylation is 1. The molecule has 4 aromatic rings. The molecule has 7 heteroatoms. The van der Waals surface area contributed by atoms with Crippen LogP contribution in [-0.4, -0.2) is 31.4 Å². The zero-order valence-corrected chi connectivity index (χ0v) is 18.8. The van der Waals surface area contributed by atoms with Crippen molar-refractivity contribution in [2.75, 3.05) is 6.61 Å². The second kappa shape index (κ2) is 9.40. The van der Waals surface area contributed by atoms with E-state index in [0.29, 0.717) is 12.7 Å². The van der Waals surface area contributed by atoms with Crippen molar-refractivity contribution in [2.24, 2.45) is 0 Å². The molecule has 1 fully saturated rings. The summed E-state index contributed by atoms with van der Waals surface area (Å²) in [7, 11) is 0. The van der Waals surface area contributed by atoms with Gasteiger partial charge >= 0.3 is 5.69 Å². The Morgan fingerprint density at radius 2 is 1.52 bits per heavy atom. The first-order valence-corrected chi connectivity index (χ1v) is 11.4. The lowest BCUT2D eigenvalue weighted by Crippen LogP contribution is -2.21. The number of nitrogens with zero attached hydrogens (tertiary/aromatic N) is 4. The predicted octanol–water partition coefficient (Wildman–Crippen LogP) is 4.53. The molecular formula is C26H28N4O3. The van der Waals surface area contributed by atoms with Gasteiger partial charge in [-0.25, -0.2) is 9.78 Å². The highest BCUT2D eigenvalue weighted by molar-refractivity contribution is 5.40.